The van der Waals surface area contributed by atoms with Crippen molar-refractivity contribution >= 4 is 23.5 Å². The number of ether oxygens (including phenoxy) is 1. The molecule has 3 amide bonds. The number of hydrogen-bond acceptors (Lipinski definition) is 3. The van der Waals surface area contributed by atoms with Crippen LogP contribution in [0.3, 0.4) is 0 Å². The molecule has 86 valence electrons. The van der Waals surface area contributed by atoms with E-state index in [2.05, 4.69) is 5.32 Å². The number of imide groups is 1. The molecule has 2 unspecified atom stereocenters. The van der Waals surface area contributed by atoms with Gasteiger partial charge in [0.2, 0.25) is 5.91 Å². The molecule has 5 nitrogen and oxygen atoms in total. The number of alkyl halides is 1. The number of hydrogen-bond donors (Lipinski definition) is 1. The van der Waals surface area contributed by atoms with E-state index in [1.165, 1.54) is 6.92 Å². The molecule has 0 bridgehead atoms. The zero-order valence-electron chi connectivity index (χ0n) is 8.83. The Balaban J connectivity index is 2.42. The zero-order chi connectivity index (χ0) is 11.4. The lowest BCUT2D eigenvalue weighted by molar-refractivity contribution is -0.119. The summed E-state index contributed by atoms with van der Waals surface area (Å²) in [5.41, 5.74) is 0. The topological polar surface area (TPSA) is 58.6 Å². The van der Waals surface area contributed by atoms with Gasteiger partial charge in [-0.1, -0.05) is 0 Å². The van der Waals surface area contributed by atoms with Crippen LogP contribution in [0.5, 0.6) is 0 Å². The van der Waals surface area contributed by atoms with Crippen LogP contribution in [0.1, 0.15) is 13.8 Å². The van der Waals surface area contributed by atoms with Gasteiger partial charge < -0.3 is 9.64 Å². The van der Waals surface area contributed by atoms with Gasteiger partial charge in [0.1, 0.15) is 5.38 Å². The van der Waals surface area contributed by atoms with Crippen LogP contribution >= 0.6 is 11.6 Å². The molecule has 0 aliphatic carbocycles. The smallest absolute Gasteiger partial charge is 0.324 e. The third-order valence-electron chi connectivity index (χ3n) is 2.12. The molecule has 1 N–H and O–H groups in total. The molecule has 1 fully saturated rings. The minimum Gasteiger partial charge on any atom is -0.375 e. The summed E-state index contributed by atoms with van der Waals surface area (Å²) in [6.45, 7) is 4.90. The summed E-state index contributed by atoms with van der Waals surface area (Å²) < 4.78 is 5.28. The van der Waals surface area contributed by atoms with E-state index in [1.807, 2.05) is 6.92 Å². The lowest BCUT2D eigenvalue weighted by Crippen LogP contribution is -2.51. The van der Waals surface area contributed by atoms with Gasteiger partial charge in [-0.2, -0.15) is 0 Å². The number of halogens is 1. The Bertz CT molecular complexity index is 258. The number of carbonyl (C=O) groups is 2. The summed E-state index contributed by atoms with van der Waals surface area (Å²) in [5.74, 6) is -0.471. The molecule has 0 aromatic rings. The van der Waals surface area contributed by atoms with Crippen molar-refractivity contribution in [1.29, 1.82) is 0 Å². The number of urea groups is 1. The maximum absolute atomic E-state index is 11.5. The van der Waals surface area contributed by atoms with Crippen LogP contribution in [0, 0.1) is 0 Å². The van der Waals surface area contributed by atoms with E-state index in [4.69, 9.17) is 16.3 Å². The average molecular weight is 235 g/mol. The van der Waals surface area contributed by atoms with Gasteiger partial charge in [0.05, 0.1) is 12.7 Å². The fraction of sp³-hybridized carbons (Fsp3) is 0.778. The molecule has 1 heterocycles. The van der Waals surface area contributed by atoms with Crippen LogP contribution in [0.15, 0.2) is 0 Å². The van der Waals surface area contributed by atoms with Crippen LogP contribution in [-0.2, 0) is 9.53 Å². The molecule has 1 saturated heterocycles. The van der Waals surface area contributed by atoms with Crippen molar-refractivity contribution in [2.24, 2.45) is 0 Å². The average Bonchev–Trinajstić information content (AvgIpc) is 2.17. The second kappa shape index (κ2) is 5.32. The predicted octanol–water partition coefficient (Wildman–Crippen LogP) is 0.571. The highest BCUT2D eigenvalue weighted by molar-refractivity contribution is 6.31. The van der Waals surface area contributed by atoms with E-state index in [0.29, 0.717) is 19.7 Å². The van der Waals surface area contributed by atoms with Gasteiger partial charge in [-0.3, -0.25) is 10.1 Å². The minimum absolute atomic E-state index is 0.00743. The first kappa shape index (κ1) is 12.3. The normalized spacial score (nSPS) is 23.4. The molecule has 1 aliphatic heterocycles. The Labute approximate surface area is 93.7 Å². The largest absolute Gasteiger partial charge is 0.375 e. The molecule has 6 heteroatoms. The fourth-order valence-electron chi connectivity index (χ4n) is 1.29. The van der Waals surface area contributed by atoms with E-state index in [0.717, 1.165) is 0 Å². The third kappa shape index (κ3) is 3.68. The Morgan fingerprint density at radius 3 is 2.80 bits per heavy atom. The van der Waals surface area contributed by atoms with Gasteiger partial charge in [0, 0.05) is 13.1 Å². The van der Waals surface area contributed by atoms with Crippen molar-refractivity contribution in [2.75, 3.05) is 19.7 Å². The Morgan fingerprint density at radius 2 is 2.27 bits per heavy atom. The number of amides is 3. The van der Waals surface area contributed by atoms with E-state index < -0.39 is 17.3 Å². The van der Waals surface area contributed by atoms with Crippen LogP contribution < -0.4 is 5.32 Å². The molecule has 1 aliphatic rings. The molecular formula is C9H15ClN2O3. The highest BCUT2D eigenvalue weighted by atomic mass is 35.5. The number of nitrogens with zero attached hydrogens (tertiary/aromatic N) is 1. The summed E-state index contributed by atoms with van der Waals surface area (Å²) >= 11 is 5.53. The van der Waals surface area contributed by atoms with Crippen molar-refractivity contribution in [3.63, 3.8) is 0 Å². The zero-order valence-corrected chi connectivity index (χ0v) is 9.58. The maximum Gasteiger partial charge on any atom is 0.324 e. The highest BCUT2D eigenvalue weighted by Crippen LogP contribution is 2.04. The van der Waals surface area contributed by atoms with Gasteiger partial charge in [-0.05, 0) is 13.8 Å². The van der Waals surface area contributed by atoms with E-state index in [9.17, 15) is 9.59 Å². The molecule has 2 atom stereocenters. The highest BCUT2D eigenvalue weighted by Gasteiger charge is 2.23. The Morgan fingerprint density at radius 1 is 1.60 bits per heavy atom. The first-order valence-electron chi connectivity index (χ1n) is 4.86. The Hall–Kier alpha value is -0.810. The van der Waals surface area contributed by atoms with Crippen molar-refractivity contribution in [1.82, 2.24) is 10.2 Å². The number of rotatable bonds is 1. The maximum atomic E-state index is 11.5. The molecule has 15 heavy (non-hydrogen) atoms. The molecule has 1 rings (SSSR count). The fourth-order valence-corrected chi connectivity index (χ4v) is 1.34. The molecule has 0 aromatic carbocycles. The summed E-state index contributed by atoms with van der Waals surface area (Å²) in [7, 11) is 0. The van der Waals surface area contributed by atoms with Gasteiger partial charge in [0.25, 0.3) is 0 Å². The molecular weight excluding hydrogens is 220 g/mol. The van der Waals surface area contributed by atoms with Crippen molar-refractivity contribution < 1.29 is 14.3 Å². The van der Waals surface area contributed by atoms with Crippen LogP contribution in [0.2, 0.25) is 0 Å². The second-order valence-corrected chi connectivity index (χ2v) is 4.19. The quantitative estimate of drug-likeness (QED) is 0.675. The number of carbonyl (C=O) groups excluding carboxylic acids is 2. The van der Waals surface area contributed by atoms with Gasteiger partial charge in [-0.15, -0.1) is 11.6 Å². The lowest BCUT2D eigenvalue weighted by atomic mass is 10.3. The third-order valence-corrected chi connectivity index (χ3v) is 2.32. The lowest BCUT2D eigenvalue weighted by Gasteiger charge is -2.30. The summed E-state index contributed by atoms with van der Waals surface area (Å²) in [5, 5.41) is 1.53. The summed E-state index contributed by atoms with van der Waals surface area (Å²) in [4.78, 5) is 24.2. The monoisotopic (exact) mass is 234 g/mol. The molecule has 0 spiro atoms. The molecule has 0 radical (unpaired) electrons. The minimum atomic E-state index is -0.701. The van der Waals surface area contributed by atoms with E-state index in [-0.39, 0.29) is 6.10 Å². The van der Waals surface area contributed by atoms with Crippen molar-refractivity contribution in [3.8, 4) is 0 Å². The van der Waals surface area contributed by atoms with Crippen LogP contribution in [-0.4, -0.2) is 48.0 Å². The van der Waals surface area contributed by atoms with Crippen LogP contribution in [0.4, 0.5) is 4.79 Å². The van der Waals surface area contributed by atoms with Gasteiger partial charge in [0.15, 0.2) is 0 Å². The van der Waals surface area contributed by atoms with Gasteiger partial charge >= 0.3 is 6.03 Å². The predicted molar refractivity (Wildman–Crippen MR) is 55.8 cm³/mol. The standard InChI is InChI=1S/C9H15ClN2O3/c1-6-5-12(3-4-15-6)9(14)11-8(13)7(2)10/h6-7H,3-5H2,1-2H3,(H,11,13,14). The first-order valence-corrected chi connectivity index (χ1v) is 5.29. The first-order chi connectivity index (χ1) is 7.00. The Kier molecular flexibility index (Phi) is 4.35. The van der Waals surface area contributed by atoms with Gasteiger partial charge in [-0.25, -0.2) is 4.79 Å². The molecule has 0 saturated carbocycles. The van der Waals surface area contributed by atoms with Crippen molar-refractivity contribution in [2.45, 2.75) is 25.3 Å². The molecule has 0 aromatic heterocycles. The van der Waals surface area contributed by atoms with E-state index in [1.54, 1.807) is 4.90 Å². The second-order valence-electron chi connectivity index (χ2n) is 3.54. The van der Waals surface area contributed by atoms with Crippen molar-refractivity contribution in [3.05, 3.63) is 0 Å². The number of nitrogens with one attached hydrogen (secondary N) is 1. The SMILES string of the molecule is CC1CN(C(=O)NC(=O)C(C)Cl)CCO1. The van der Waals surface area contributed by atoms with Crippen LogP contribution in [0.25, 0.3) is 0 Å². The summed E-state index contributed by atoms with van der Waals surface area (Å²) in [6, 6.07) is -0.400. The number of morpholine rings is 1. The summed E-state index contributed by atoms with van der Waals surface area (Å²) in [6.07, 6.45) is 0.00743. The van der Waals surface area contributed by atoms with E-state index >= 15 is 0 Å².